The van der Waals surface area contributed by atoms with E-state index in [-0.39, 0.29) is 0 Å². The number of nitrogens with zero attached hydrogens (tertiary/aromatic N) is 3. The van der Waals surface area contributed by atoms with E-state index in [0.717, 1.165) is 23.5 Å². The van der Waals surface area contributed by atoms with Crippen LogP contribution in [0.2, 0.25) is 0 Å². The number of nitrogens with one attached hydrogen (secondary N) is 1. The van der Waals surface area contributed by atoms with Crippen LogP contribution in [0.15, 0.2) is 6.07 Å². The van der Waals surface area contributed by atoms with Crippen LogP contribution in [0.25, 0.3) is 0 Å². The lowest BCUT2D eigenvalue weighted by Gasteiger charge is -2.24. The molecule has 0 unspecified atom stereocenters. The van der Waals surface area contributed by atoms with Gasteiger partial charge in [0.2, 0.25) is 5.95 Å². The van der Waals surface area contributed by atoms with Gasteiger partial charge in [0.25, 0.3) is 0 Å². The molecule has 1 aromatic heterocycles. The van der Waals surface area contributed by atoms with Crippen molar-refractivity contribution in [2.24, 2.45) is 0 Å². The van der Waals surface area contributed by atoms with E-state index < -0.39 is 0 Å². The molecular formula is C10H16BrN5. The van der Waals surface area contributed by atoms with Crippen LogP contribution in [0.3, 0.4) is 0 Å². The molecule has 0 saturated carbocycles. The first-order valence-corrected chi connectivity index (χ1v) is 6.51. The standard InChI is InChI=1S/C10H16BrN5/c1-13-8-5-9(15-10(12)14-8)16-4-2-3-7(16)6-11/h5,7H,2-4,6H2,1H3,(H3,12,13,14,15)/t7-/m0/s1. The summed E-state index contributed by atoms with van der Waals surface area (Å²) in [7, 11) is 1.83. The fourth-order valence-corrected chi connectivity index (χ4v) is 2.70. The van der Waals surface area contributed by atoms with Crippen molar-refractivity contribution >= 4 is 33.5 Å². The summed E-state index contributed by atoms with van der Waals surface area (Å²) in [4.78, 5) is 10.7. The van der Waals surface area contributed by atoms with E-state index in [1.165, 1.54) is 12.8 Å². The van der Waals surface area contributed by atoms with E-state index in [4.69, 9.17) is 5.73 Å². The quantitative estimate of drug-likeness (QED) is 0.824. The first kappa shape index (κ1) is 11.4. The van der Waals surface area contributed by atoms with E-state index >= 15 is 0 Å². The van der Waals surface area contributed by atoms with Crippen molar-refractivity contribution < 1.29 is 0 Å². The lowest BCUT2D eigenvalue weighted by atomic mass is 10.2. The predicted octanol–water partition coefficient (Wildman–Crippen LogP) is 1.46. The minimum Gasteiger partial charge on any atom is -0.373 e. The van der Waals surface area contributed by atoms with Gasteiger partial charge < -0.3 is 16.0 Å². The van der Waals surface area contributed by atoms with Gasteiger partial charge in [0, 0.05) is 31.0 Å². The van der Waals surface area contributed by atoms with Crippen LogP contribution in [0.1, 0.15) is 12.8 Å². The minimum absolute atomic E-state index is 0.321. The molecule has 88 valence electrons. The maximum absolute atomic E-state index is 5.69. The second-order valence-electron chi connectivity index (χ2n) is 3.86. The average molecular weight is 286 g/mol. The van der Waals surface area contributed by atoms with Gasteiger partial charge in [-0.15, -0.1) is 0 Å². The number of nitrogens with two attached hydrogens (primary N) is 1. The zero-order valence-electron chi connectivity index (χ0n) is 9.28. The highest BCUT2D eigenvalue weighted by molar-refractivity contribution is 9.09. The molecular weight excluding hydrogens is 270 g/mol. The highest BCUT2D eigenvalue weighted by Crippen LogP contribution is 2.26. The molecule has 1 saturated heterocycles. The van der Waals surface area contributed by atoms with Crippen molar-refractivity contribution in [1.82, 2.24) is 9.97 Å². The van der Waals surface area contributed by atoms with Gasteiger partial charge in [-0.1, -0.05) is 15.9 Å². The number of hydrogen-bond acceptors (Lipinski definition) is 5. The molecule has 2 heterocycles. The molecule has 1 aliphatic rings. The Balaban J connectivity index is 2.28. The van der Waals surface area contributed by atoms with Gasteiger partial charge in [-0.2, -0.15) is 9.97 Å². The number of rotatable bonds is 3. The van der Waals surface area contributed by atoms with Gasteiger partial charge in [-0.25, -0.2) is 0 Å². The van der Waals surface area contributed by atoms with Crippen LogP contribution in [0.4, 0.5) is 17.6 Å². The Morgan fingerprint density at radius 3 is 3.12 bits per heavy atom. The SMILES string of the molecule is CNc1cc(N2CCC[C@H]2CBr)nc(N)n1. The monoisotopic (exact) mass is 285 g/mol. The third-order valence-corrected chi connectivity index (χ3v) is 3.58. The van der Waals surface area contributed by atoms with Crippen molar-refractivity contribution in [3.8, 4) is 0 Å². The molecule has 3 N–H and O–H groups in total. The number of anilines is 3. The zero-order chi connectivity index (χ0) is 11.5. The third kappa shape index (κ3) is 2.21. The summed E-state index contributed by atoms with van der Waals surface area (Å²) in [5.74, 6) is 2.00. The Labute approximate surface area is 104 Å². The molecule has 16 heavy (non-hydrogen) atoms. The Bertz CT molecular complexity index is 370. The third-order valence-electron chi connectivity index (χ3n) is 2.84. The van der Waals surface area contributed by atoms with E-state index in [1.807, 2.05) is 13.1 Å². The normalized spacial score (nSPS) is 20.1. The average Bonchev–Trinajstić information content (AvgIpc) is 2.76. The summed E-state index contributed by atoms with van der Waals surface area (Å²) in [5.41, 5.74) is 5.69. The maximum Gasteiger partial charge on any atom is 0.223 e. The van der Waals surface area contributed by atoms with E-state index in [0.29, 0.717) is 12.0 Å². The number of nitrogen functional groups attached to an aromatic ring is 1. The highest BCUT2D eigenvalue weighted by atomic mass is 79.9. The molecule has 0 bridgehead atoms. The summed E-state index contributed by atoms with van der Waals surface area (Å²) in [6.45, 7) is 1.04. The van der Waals surface area contributed by atoms with Crippen molar-refractivity contribution in [2.45, 2.75) is 18.9 Å². The second-order valence-corrected chi connectivity index (χ2v) is 4.51. The predicted molar refractivity (Wildman–Crippen MR) is 70.2 cm³/mol. The van der Waals surface area contributed by atoms with Gasteiger partial charge in [0.15, 0.2) is 0 Å². The topological polar surface area (TPSA) is 67.1 Å². The molecule has 1 aliphatic heterocycles. The second kappa shape index (κ2) is 4.86. The number of halogens is 1. The van der Waals surface area contributed by atoms with Gasteiger partial charge in [0.05, 0.1) is 0 Å². The largest absolute Gasteiger partial charge is 0.373 e. The van der Waals surface area contributed by atoms with Crippen LogP contribution in [0.5, 0.6) is 0 Å². The molecule has 5 nitrogen and oxygen atoms in total. The van der Waals surface area contributed by atoms with Crippen LogP contribution in [-0.2, 0) is 0 Å². The molecule has 0 aromatic carbocycles. The van der Waals surface area contributed by atoms with Gasteiger partial charge in [0.1, 0.15) is 11.6 Å². The molecule has 0 spiro atoms. The lowest BCUT2D eigenvalue weighted by molar-refractivity contribution is 0.741. The minimum atomic E-state index is 0.321. The van der Waals surface area contributed by atoms with Crippen LogP contribution in [-0.4, -0.2) is 34.9 Å². The summed E-state index contributed by atoms with van der Waals surface area (Å²) in [5, 5.41) is 3.96. The number of aromatic nitrogens is 2. The zero-order valence-corrected chi connectivity index (χ0v) is 10.9. The molecule has 6 heteroatoms. The molecule has 1 fully saturated rings. The van der Waals surface area contributed by atoms with Crippen LogP contribution in [0, 0.1) is 0 Å². The summed E-state index contributed by atoms with van der Waals surface area (Å²) >= 11 is 3.54. The Morgan fingerprint density at radius 2 is 2.44 bits per heavy atom. The summed E-state index contributed by atoms with van der Waals surface area (Å²) < 4.78 is 0. The van der Waals surface area contributed by atoms with Crippen LogP contribution >= 0.6 is 15.9 Å². The molecule has 1 atom stereocenters. The molecule has 0 aliphatic carbocycles. The Kier molecular flexibility index (Phi) is 3.48. The van der Waals surface area contributed by atoms with Crippen molar-refractivity contribution in [2.75, 3.05) is 34.9 Å². The van der Waals surface area contributed by atoms with Gasteiger partial charge in [-0.3, -0.25) is 0 Å². The fourth-order valence-electron chi connectivity index (χ4n) is 2.03. The van der Waals surface area contributed by atoms with Gasteiger partial charge >= 0.3 is 0 Å². The fraction of sp³-hybridized carbons (Fsp3) is 0.600. The maximum atomic E-state index is 5.69. The molecule has 2 rings (SSSR count). The first-order chi connectivity index (χ1) is 7.74. The van der Waals surface area contributed by atoms with E-state index in [1.54, 1.807) is 0 Å². The molecule has 0 amide bonds. The van der Waals surface area contributed by atoms with Crippen LogP contribution < -0.4 is 16.0 Å². The van der Waals surface area contributed by atoms with Crippen molar-refractivity contribution in [1.29, 1.82) is 0 Å². The molecule has 0 radical (unpaired) electrons. The first-order valence-electron chi connectivity index (χ1n) is 5.39. The van der Waals surface area contributed by atoms with E-state index in [9.17, 15) is 0 Å². The number of hydrogen-bond donors (Lipinski definition) is 2. The molecule has 1 aromatic rings. The summed E-state index contributed by atoms with van der Waals surface area (Å²) in [6.07, 6.45) is 2.40. The summed E-state index contributed by atoms with van der Waals surface area (Å²) in [6, 6.07) is 2.45. The number of alkyl halides is 1. The Morgan fingerprint density at radius 1 is 1.62 bits per heavy atom. The smallest absolute Gasteiger partial charge is 0.223 e. The lowest BCUT2D eigenvalue weighted by Crippen LogP contribution is -2.31. The Hall–Kier alpha value is -1.04. The van der Waals surface area contributed by atoms with E-state index in [2.05, 4.69) is 36.1 Å². The van der Waals surface area contributed by atoms with Crippen molar-refractivity contribution in [3.63, 3.8) is 0 Å². The highest BCUT2D eigenvalue weighted by Gasteiger charge is 2.25. The van der Waals surface area contributed by atoms with Crippen molar-refractivity contribution in [3.05, 3.63) is 6.07 Å². The van der Waals surface area contributed by atoms with Gasteiger partial charge in [-0.05, 0) is 12.8 Å².